The lowest BCUT2D eigenvalue weighted by Crippen LogP contribution is -2.07. The fraction of sp³-hybridized carbons (Fsp3) is 0.333. The van der Waals surface area contributed by atoms with E-state index in [-0.39, 0.29) is 5.82 Å². The van der Waals surface area contributed by atoms with Gasteiger partial charge >= 0.3 is 0 Å². The molecule has 0 aromatic heterocycles. The van der Waals surface area contributed by atoms with Crippen LogP contribution in [0.1, 0.15) is 25.3 Å². The highest BCUT2D eigenvalue weighted by Gasteiger charge is 2.14. The van der Waals surface area contributed by atoms with Gasteiger partial charge in [0.25, 0.3) is 0 Å². The summed E-state index contributed by atoms with van der Waals surface area (Å²) in [4.78, 5) is 0. The van der Waals surface area contributed by atoms with Crippen LogP contribution in [0.5, 0.6) is 5.75 Å². The number of fused-ring (bicyclic) bond motifs is 1. The van der Waals surface area contributed by atoms with Crippen molar-refractivity contribution in [3.8, 4) is 5.75 Å². The Kier molecular flexibility index (Phi) is 2.53. The summed E-state index contributed by atoms with van der Waals surface area (Å²) in [5.74, 6) is 0.442. The second kappa shape index (κ2) is 3.82. The van der Waals surface area contributed by atoms with Gasteiger partial charge in [-0.25, -0.2) is 4.39 Å². The lowest BCUT2D eigenvalue weighted by atomic mass is 9.99. The Bertz CT molecular complexity index is 369. The molecule has 0 N–H and O–H groups in total. The molecule has 0 atom stereocenters. The molecule has 0 saturated carbocycles. The Balaban J connectivity index is 2.45. The van der Waals surface area contributed by atoms with Crippen LogP contribution in [0.2, 0.25) is 0 Å². The molecule has 14 heavy (non-hydrogen) atoms. The standard InChI is InChI=1S/C12H13FO/c1-2-3-9-6-7-14-12-8-10(13)4-5-11(9)12/h3-5,8H,2,6-7H2,1H3/b9-3+. The van der Waals surface area contributed by atoms with Crippen molar-refractivity contribution in [3.05, 3.63) is 35.7 Å². The predicted molar refractivity (Wildman–Crippen MR) is 54.8 cm³/mol. The van der Waals surface area contributed by atoms with Gasteiger partial charge in [0.2, 0.25) is 0 Å². The van der Waals surface area contributed by atoms with E-state index < -0.39 is 0 Å². The summed E-state index contributed by atoms with van der Waals surface area (Å²) >= 11 is 0. The van der Waals surface area contributed by atoms with E-state index in [0.29, 0.717) is 12.4 Å². The topological polar surface area (TPSA) is 9.23 Å². The number of hydrogen-bond donors (Lipinski definition) is 0. The van der Waals surface area contributed by atoms with E-state index in [0.717, 1.165) is 18.4 Å². The molecular formula is C12H13FO. The molecular weight excluding hydrogens is 179 g/mol. The molecule has 1 heterocycles. The zero-order valence-corrected chi connectivity index (χ0v) is 8.22. The first-order valence-corrected chi connectivity index (χ1v) is 4.93. The molecule has 0 unspecified atom stereocenters. The van der Waals surface area contributed by atoms with E-state index >= 15 is 0 Å². The molecule has 1 aliphatic rings. The van der Waals surface area contributed by atoms with Crippen molar-refractivity contribution >= 4 is 5.57 Å². The van der Waals surface area contributed by atoms with Gasteiger partial charge in [0.05, 0.1) is 6.61 Å². The van der Waals surface area contributed by atoms with Crippen molar-refractivity contribution in [2.75, 3.05) is 6.61 Å². The Morgan fingerprint density at radius 2 is 2.36 bits per heavy atom. The minimum absolute atomic E-state index is 0.235. The zero-order valence-electron chi connectivity index (χ0n) is 8.22. The molecule has 0 saturated heterocycles. The predicted octanol–water partition coefficient (Wildman–Crippen LogP) is 3.40. The first-order chi connectivity index (χ1) is 6.81. The van der Waals surface area contributed by atoms with E-state index in [1.54, 1.807) is 6.07 Å². The Labute approximate surface area is 83.2 Å². The van der Waals surface area contributed by atoms with Gasteiger partial charge in [0, 0.05) is 18.1 Å². The summed E-state index contributed by atoms with van der Waals surface area (Å²) in [5.41, 5.74) is 2.31. The summed E-state index contributed by atoms with van der Waals surface area (Å²) in [7, 11) is 0. The Morgan fingerprint density at radius 3 is 3.14 bits per heavy atom. The van der Waals surface area contributed by atoms with E-state index in [9.17, 15) is 4.39 Å². The van der Waals surface area contributed by atoms with Crippen LogP contribution in [-0.4, -0.2) is 6.61 Å². The van der Waals surface area contributed by atoms with Crippen LogP contribution in [0.25, 0.3) is 5.57 Å². The molecule has 1 aromatic carbocycles. The van der Waals surface area contributed by atoms with Crippen molar-refractivity contribution in [2.45, 2.75) is 19.8 Å². The van der Waals surface area contributed by atoms with E-state index in [4.69, 9.17) is 4.74 Å². The average Bonchev–Trinajstić information content (AvgIpc) is 2.18. The molecule has 0 amide bonds. The number of rotatable bonds is 1. The number of allylic oxidation sites excluding steroid dienone is 1. The van der Waals surface area contributed by atoms with E-state index in [1.807, 2.05) is 0 Å². The van der Waals surface area contributed by atoms with E-state index in [1.165, 1.54) is 17.7 Å². The summed E-state index contributed by atoms with van der Waals surface area (Å²) in [6.07, 6.45) is 4.11. The lowest BCUT2D eigenvalue weighted by Gasteiger charge is -2.19. The third-order valence-electron chi connectivity index (χ3n) is 2.37. The van der Waals surface area contributed by atoms with Crippen molar-refractivity contribution < 1.29 is 9.13 Å². The third-order valence-corrected chi connectivity index (χ3v) is 2.37. The summed E-state index contributed by atoms with van der Waals surface area (Å²) in [5, 5.41) is 0. The highest BCUT2D eigenvalue weighted by molar-refractivity contribution is 5.71. The van der Waals surface area contributed by atoms with Gasteiger partial charge in [0.1, 0.15) is 11.6 Å². The minimum atomic E-state index is -0.235. The highest BCUT2D eigenvalue weighted by atomic mass is 19.1. The van der Waals surface area contributed by atoms with Crippen molar-refractivity contribution in [1.29, 1.82) is 0 Å². The maximum absolute atomic E-state index is 12.9. The van der Waals surface area contributed by atoms with Crippen molar-refractivity contribution in [1.82, 2.24) is 0 Å². The molecule has 1 aliphatic heterocycles. The Morgan fingerprint density at radius 1 is 1.50 bits per heavy atom. The van der Waals surface area contributed by atoms with Crippen LogP contribution in [0.3, 0.4) is 0 Å². The van der Waals surface area contributed by atoms with Gasteiger partial charge in [-0.15, -0.1) is 0 Å². The molecule has 0 radical (unpaired) electrons. The average molecular weight is 192 g/mol. The van der Waals surface area contributed by atoms with Crippen LogP contribution in [-0.2, 0) is 0 Å². The molecule has 0 bridgehead atoms. The van der Waals surface area contributed by atoms with Gasteiger partial charge in [-0.2, -0.15) is 0 Å². The molecule has 0 spiro atoms. The molecule has 74 valence electrons. The number of ether oxygens (including phenoxy) is 1. The fourth-order valence-electron chi connectivity index (χ4n) is 1.74. The third kappa shape index (κ3) is 1.65. The summed E-state index contributed by atoms with van der Waals surface area (Å²) in [6, 6.07) is 4.74. The second-order valence-corrected chi connectivity index (χ2v) is 3.38. The summed E-state index contributed by atoms with van der Waals surface area (Å²) in [6.45, 7) is 2.76. The van der Waals surface area contributed by atoms with Crippen molar-refractivity contribution in [2.24, 2.45) is 0 Å². The van der Waals surface area contributed by atoms with Gasteiger partial charge in [-0.3, -0.25) is 0 Å². The Hall–Kier alpha value is -1.31. The van der Waals surface area contributed by atoms with Gasteiger partial charge in [-0.05, 0) is 24.1 Å². The number of halogens is 1. The minimum Gasteiger partial charge on any atom is -0.493 e. The zero-order chi connectivity index (χ0) is 9.97. The van der Waals surface area contributed by atoms with Gasteiger partial charge < -0.3 is 4.74 Å². The normalized spacial score (nSPS) is 17.7. The van der Waals surface area contributed by atoms with Crippen LogP contribution in [0, 0.1) is 5.82 Å². The SMILES string of the molecule is CC/C=C1\CCOc2cc(F)ccc21. The quantitative estimate of drug-likeness (QED) is 0.662. The van der Waals surface area contributed by atoms with Crippen molar-refractivity contribution in [3.63, 3.8) is 0 Å². The van der Waals surface area contributed by atoms with Gasteiger partial charge in [-0.1, -0.05) is 13.0 Å². The van der Waals surface area contributed by atoms with Crippen LogP contribution in [0.15, 0.2) is 24.3 Å². The highest BCUT2D eigenvalue weighted by Crippen LogP contribution is 2.33. The summed E-state index contributed by atoms with van der Waals surface area (Å²) < 4.78 is 18.3. The van der Waals surface area contributed by atoms with Gasteiger partial charge in [0.15, 0.2) is 0 Å². The number of hydrogen-bond acceptors (Lipinski definition) is 1. The lowest BCUT2D eigenvalue weighted by molar-refractivity contribution is 0.314. The van der Waals surface area contributed by atoms with Crippen LogP contribution in [0.4, 0.5) is 4.39 Å². The smallest absolute Gasteiger partial charge is 0.129 e. The molecule has 2 rings (SSSR count). The molecule has 0 aliphatic carbocycles. The molecule has 1 aromatic rings. The molecule has 2 heteroatoms. The van der Waals surface area contributed by atoms with Crippen LogP contribution < -0.4 is 4.74 Å². The second-order valence-electron chi connectivity index (χ2n) is 3.38. The maximum atomic E-state index is 12.9. The molecule has 0 fully saturated rings. The molecule has 1 nitrogen and oxygen atoms in total. The largest absolute Gasteiger partial charge is 0.493 e. The first kappa shape index (κ1) is 9.25. The van der Waals surface area contributed by atoms with E-state index in [2.05, 4.69) is 13.0 Å². The fourth-order valence-corrected chi connectivity index (χ4v) is 1.74. The number of benzene rings is 1. The van der Waals surface area contributed by atoms with Crippen LogP contribution >= 0.6 is 0 Å². The monoisotopic (exact) mass is 192 g/mol. The first-order valence-electron chi connectivity index (χ1n) is 4.93. The maximum Gasteiger partial charge on any atom is 0.129 e.